The van der Waals surface area contributed by atoms with E-state index in [1.807, 2.05) is 0 Å². The SMILES string of the molecule is CC(Cc1cc(C(C)(C)C)cc(C(C)(C)C)c1C(C)(C)C)c1c(C(C)(C)C)cc(C(C)(C)C)cc1C(C)(C)C. The van der Waals surface area contributed by atoms with Gasteiger partial charge in [0.25, 0.3) is 0 Å². The number of hydrogen-bond acceptors (Lipinski definition) is 0. The van der Waals surface area contributed by atoms with Gasteiger partial charge in [-0.25, -0.2) is 0 Å². The molecule has 39 heavy (non-hydrogen) atoms. The fraction of sp³-hybridized carbons (Fsp3) is 0.692. The van der Waals surface area contributed by atoms with Crippen LogP contribution in [-0.4, -0.2) is 0 Å². The Labute approximate surface area is 244 Å². The van der Waals surface area contributed by atoms with Gasteiger partial charge in [-0.1, -0.05) is 156 Å². The lowest BCUT2D eigenvalue weighted by atomic mass is 9.67. The van der Waals surface area contributed by atoms with Crippen LogP contribution < -0.4 is 0 Å². The predicted octanol–water partition coefficient (Wildman–Crippen LogP) is 11.8. The molecule has 0 N–H and O–H groups in total. The number of hydrogen-bond donors (Lipinski definition) is 0. The van der Waals surface area contributed by atoms with Gasteiger partial charge in [0.05, 0.1) is 0 Å². The van der Waals surface area contributed by atoms with E-state index in [2.05, 4.69) is 156 Å². The molecule has 0 spiro atoms. The average Bonchev–Trinajstić information content (AvgIpc) is 2.68. The lowest BCUT2D eigenvalue weighted by Gasteiger charge is -2.38. The van der Waals surface area contributed by atoms with E-state index in [9.17, 15) is 0 Å². The van der Waals surface area contributed by atoms with Crippen LogP contribution in [0.1, 0.15) is 182 Å². The maximum Gasteiger partial charge on any atom is -0.0126 e. The molecule has 2 aromatic rings. The van der Waals surface area contributed by atoms with Crippen LogP contribution in [0.15, 0.2) is 24.3 Å². The highest BCUT2D eigenvalue weighted by molar-refractivity contribution is 5.52. The zero-order chi connectivity index (χ0) is 30.7. The third kappa shape index (κ3) is 7.80. The summed E-state index contributed by atoms with van der Waals surface area (Å²) in [7, 11) is 0. The summed E-state index contributed by atoms with van der Waals surface area (Å²) in [5.74, 6) is 0.409. The Morgan fingerprint density at radius 3 is 1.08 bits per heavy atom. The average molecular weight is 533 g/mol. The summed E-state index contributed by atoms with van der Waals surface area (Å²) >= 11 is 0. The highest BCUT2D eigenvalue weighted by Crippen LogP contribution is 2.45. The van der Waals surface area contributed by atoms with Gasteiger partial charge in [-0.05, 0) is 89.3 Å². The lowest BCUT2D eigenvalue weighted by Crippen LogP contribution is -2.28. The van der Waals surface area contributed by atoms with Crippen molar-refractivity contribution in [2.24, 2.45) is 0 Å². The largest absolute Gasteiger partial charge is 0.0581 e. The van der Waals surface area contributed by atoms with Gasteiger partial charge in [0, 0.05) is 0 Å². The summed E-state index contributed by atoms with van der Waals surface area (Å²) in [4.78, 5) is 0. The van der Waals surface area contributed by atoms with Crippen LogP contribution in [0.2, 0.25) is 0 Å². The van der Waals surface area contributed by atoms with Gasteiger partial charge in [-0.3, -0.25) is 0 Å². The molecule has 0 fully saturated rings. The van der Waals surface area contributed by atoms with E-state index in [0.29, 0.717) is 5.92 Å². The molecule has 0 saturated heterocycles. The molecule has 0 aliphatic carbocycles. The molecule has 0 nitrogen and oxygen atoms in total. The van der Waals surface area contributed by atoms with E-state index >= 15 is 0 Å². The van der Waals surface area contributed by atoms with Crippen molar-refractivity contribution < 1.29 is 0 Å². The van der Waals surface area contributed by atoms with Crippen molar-refractivity contribution in [3.63, 3.8) is 0 Å². The molecule has 0 bridgehead atoms. The van der Waals surface area contributed by atoms with Gasteiger partial charge in [-0.15, -0.1) is 0 Å². The van der Waals surface area contributed by atoms with Crippen LogP contribution in [0.4, 0.5) is 0 Å². The molecule has 0 amide bonds. The van der Waals surface area contributed by atoms with E-state index in [-0.39, 0.29) is 32.5 Å². The first-order valence-corrected chi connectivity index (χ1v) is 15.4. The molecule has 1 unspecified atom stereocenters. The van der Waals surface area contributed by atoms with Gasteiger partial charge in [0.15, 0.2) is 0 Å². The lowest BCUT2D eigenvalue weighted by molar-refractivity contribution is 0.509. The molecule has 0 aromatic heterocycles. The molecule has 1 atom stereocenters. The van der Waals surface area contributed by atoms with E-state index < -0.39 is 0 Å². The van der Waals surface area contributed by atoms with E-state index in [4.69, 9.17) is 0 Å². The van der Waals surface area contributed by atoms with Gasteiger partial charge in [-0.2, -0.15) is 0 Å². The van der Waals surface area contributed by atoms with Crippen molar-refractivity contribution in [1.29, 1.82) is 0 Å². The van der Waals surface area contributed by atoms with Gasteiger partial charge in [0.1, 0.15) is 0 Å². The second kappa shape index (κ2) is 10.4. The van der Waals surface area contributed by atoms with E-state index in [1.54, 1.807) is 11.1 Å². The molecule has 220 valence electrons. The molecular formula is C39H64. The summed E-state index contributed by atoms with van der Waals surface area (Å²) in [6, 6.07) is 10.2. The summed E-state index contributed by atoms with van der Waals surface area (Å²) in [6.45, 7) is 45.4. The number of benzene rings is 2. The minimum absolute atomic E-state index is 0.0710. The Hall–Kier alpha value is -1.56. The van der Waals surface area contributed by atoms with Crippen LogP contribution in [-0.2, 0) is 38.9 Å². The van der Waals surface area contributed by atoms with Gasteiger partial charge in [0.2, 0.25) is 0 Å². The predicted molar refractivity (Wildman–Crippen MR) is 177 cm³/mol. The monoisotopic (exact) mass is 533 g/mol. The normalized spacial score (nSPS) is 15.1. The zero-order valence-corrected chi connectivity index (χ0v) is 29.6. The van der Waals surface area contributed by atoms with Crippen molar-refractivity contribution in [2.75, 3.05) is 0 Å². The van der Waals surface area contributed by atoms with Crippen molar-refractivity contribution in [3.05, 3.63) is 68.8 Å². The molecular weight excluding hydrogens is 468 g/mol. The van der Waals surface area contributed by atoms with Crippen LogP contribution >= 0.6 is 0 Å². The van der Waals surface area contributed by atoms with E-state index in [0.717, 1.165) is 6.42 Å². The third-order valence-electron chi connectivity index (χ3n) is 8.33. The standard InChI is InChI=1S/C39H64/c1-25(32-29(36(8,9)10)22-28(35(5,6)7)23-30(32)37(11,12)13)20-26-21-27(34(2,3)4)24-31(38(14,15)16)33(26)39(17,18)19/h21-25H,20H2,1-19H3. The van der Waals surface area contributed by atoms with Crippen LogP contribution in [0.5, 0.6) is 0 Å². The first-order chi connectivity index (χ1) is 17.1. The molecule has 2 aromatic carbocycles. The van der Waals surface area contributed by atoms with Crippen LogP contribution in [0.25, 0.3) is 0 Å². The second-order valence-electron chi connectivity index (χ2n) is 18.6. The zero-order valence-electron chi connectivity index (χ0n) is 29.6. The minimum atomic E-state index is 0.0710. The van der Waals surface area contributed by atoms with Crippen molar-refractivity contribution in [2.45, 2.75) is 176 Å². The fourth-order valence-corrected chi connectivity index (χ4v) is 6.06. The van der Waals surface area contributed by atoms with Crippen molar-refractivity contribution in [3.8, 4) is 0 Å². The molecule has 0 heteroatoms. The minimum Gasteiger partial charge on any atom is -0.0581 e. The highest BCUT2D eigenvalue weighted by Gasteiger charge is 2.34. The Morgan fingerprint density at radius 1 is 0.436 bits per heavy atom. The molecule has 0 radical (unpaired) electrons. The highest BCUT2D eigenvalue weighted by atomic mass is 14.4. The molecule has 0 aliphatic rings. The quantitative estimate of drug-likeness (QED) is 0.369. The molecule has 0 saturated carbocycles. The van der Waals surface area contributed by atoms with Crippen LogP contribution in [0.3, 0.4) is 0 Å². The summed E-state index contributed by atoms with van der Waals surface area (Å²) in [6.07, 6.45) is 1.06. The Kier molecular flexibility index (Phi) is 8.94. The first kappa shape index (κ1) is 33.6. The molecule has 0 heterocycles. The van der Waals surface area contributed by atoms with Crippen molar-refractivity contribution >= 4 is 0 Å². The Morgan fingerprint density at radius 2 is 0.769 bits per heavy atom. The van der Waals surface area contributed by atoms with Gasteiger partial charge < -0.3 is 0 Å². The molecule has 2 rings (SSSR count). The van der Waals surface area contributed by atoms with E-state index in [1.165, 1.54) is 33.4 Å². The molecule has 0 aliphatic heterocycles. The fourth-order valence-electron chi connectivity index (χ4n) is 6.06. The Balaban J connectivity index is 2.99. The maximum absolute atomic E-state index is 2.56. The number of rotatable bonds is 3. The smallest absolute Gasteiger partial charge is 0.0126 e. The first-order valence-electron chi connectivity index (χ1n) is 15.4. The van der Waals surface area contributed by atoms with Crippen molar-refractivity contribution in [1.82, 2.24) is 0 Å². The van der Waals surface area contributed by atoms with Gasteiger partial charge >= 0.3 is 0 Å². The topological polar surface area (TPSA) is 0 Å². The van der Waals surface area contributed by atoms with Crippen LogP contribution in [0, 0.1) is 0 Å². The third-order valence-corrected chi connectivity index (χ3v) is 8.33. The summed E-state index contributed by atoms with van der Waals surface area (Å²) in [5, 5.41) is 0. The maximum atomic E-state index is 2.56. The summed E-state index contributed by atoms with van der Waals surface area (Å²) < 4.78 is 0. The summed E-state index contributed by atoms with van der Waals surface area (Å²) in [5.41, 5.74) is 12.6. The Bertz CT molecular complexity index is 1120. The second-order valence-corrected chi connectivity index (χ2v) is 18.6.